The van der Waals surface area contributed by atoms with Gasteiger partial charge < -0.3 is 9.64 Å². The summed E-state index contributed by atoms with van der Waals surface area (Å²) in [5, 5.41) is 4.97. The second-order valence-electron chi connectivity index (χ2n) is 9.71. The van der Waals surface area contributed by atoms with E-state index in [0.29, 0.717) is 6.54 Å². The molecule has 2 heterocycles. The molecule has 0 saturated heterocycles. The van der Waals surface area contributed by atoms with Crippen molar-refractivity contribution in [2.75, 3.05) is 18.6 Å². The Balaban J connectivity index is 1.64. The van der Waals surface area contributed by atoms with Gasteiger partial charge in [0.15, 0.2) is 5.65 Å². The maximum atomic E-state index is 13.1. The Hall–Kier alpha value is -3.55. The first-order chi connectivity index (χ1) is 17.7. The Kier molecular flexibility index (Phi) is 6.60. The van der Waals surface area contributed by atoms with Gasteiger partial charge in [0.2, 0.25) is 0 Å². The highest BCUT2D eigenvalue weighted by Gasteiger charge is 2.31. The van der Waals surface area contributed by atoms with Gasteiger partial charge in [0.05, 0.1) is 18.4 Å². The van der Waals surface area contributed by atoms with Crippen LogP contribution in [0.4, 0.5) is 19.0 Å². The van der Waals surface area contributed by atoms with Crippen molar-refractivity contribution in [2.45, 2.75) is 59.2 Å². The van der Waals surface area contributed by atoms with E-state index in [9.17, 15) is 13.2 Å². The summed E-state index contributed by atoms with van der Waals surface area (Å²) in [6.07, 6.45) is -0.605. The van der Waals surface area contributed by atoms with Gasteiger partial charge in [-0.05, 0) is 80.5 Å². The Morgan fingerprint density at radius 1 is 1.05 bits per heavy atom. The third kappa shape index (κ3) is 4.65. The fraction of sp³-hybridized carbons (Fsp3) is 0.379. The molecule has 0 aliphatic heterocycles. The van der Waals surface area contributed by atoms with Gasteiger partial charge in [0.25, 0.3) is 0 Å². The van der Waals surface area contributed by atoms with E-state index in [4.69, 9.17) is 14.8 Å². The number of hydrogen-bond donors (Lipinski definition) is 0. The highest BCUT2D eigenvalue weighted by Crippen LogP contribution is 2.38. The zero-order valence-corrected chi connectivity index (χ0v) is 21.6. The van der Waals surface area contributed by atoms with E-state index < -0.39 is 11.7 Å². The minimum atomic E-state index is -4.34. The minimum Gasteiger partial charge on any atom is -0.497 e. The van der Waals surface area contributed by atoms with Crippen LogP contribution in [0.1, 0.15) is 53.4 Å². The van der Waals surface area contributed by atoms with Gasteiger partial charge in [-0.3, -0.25) is 0 Å². The molecule has 2 aromatic heterocycles. The molecule has 0 radical (unpaired) electrons. The van der Waals surface area contributed by atoms with Gasteiger partial charge >= 0.3 is 6.18 Å². The first kappa shape index (κ1) is 25.1. The van der Waals surface area contributed by atoms with Crippen LogP contribution in [0.5, 0.6) is 5.75 Å². The molecule has 0 N–H and O–H groups in total. The first-order valence-corrected chi connectivity index (χ1v) is 12.7. The van der Waals surface area contributed by atoms with Crippen molar-refractivity contribution in [3.05, 3.63) is 76.1 Å². The molecule has 0 fully saturated rings. The van der Waals surface area contributed by atoms with E-state index in [1.54, 1.807) is 19.2 Å². The second kappa shape index (κ2) is 9.72. The molecule has 194 valence electrons. The van der Waals surface area contributed by atoms with Crippen molar-refractivity contribution in [1.82, 2.24) is 14.6 Å². The predicted octanol–water partition coefficient (Wildman–Crippen LogP) is 6.95. The molecular formula is C29H31F3N4O. The number of fused-ring (bicyclic) bond motifs is 2. The van der Waals surface area contributed by atoms with Crippen LogP contribution >= 0.6 is 0 Å². The molecule has 4 aromatic rings. The molecular weight excluding hydrogens is 477 g/mol. The number of hydrogen-bond acceptors (Lipinski definition) is 4. The van der Waals surface area contributed by atoms with Crippen molar-refractivity contribution in [3.8, 4) is 16.9 Å². The molecule has 8 heteroatoms. The molecule has 5 rings (SSSR count). The third-order valence-electron chi connectivity index (χ3n) is 7.09. The van der Waals surface area contributed by atoms with Crippen molar-refractivity contribution in [2.24, 2.45) is 0 Å². The van der Waals surface area contributed by atoms with Crippen LogP contribution in [-0.2, 0) is 25.6 Å². The first-order valence-electron chi connectivity index (χ1n) is 12.7. The number of ether oxygens (including phenoxy) is 1. The third-order valence-corrected chi connectivity index (χ3v) is 7.09. The lowest BCUT2D eigenvalue weighted by molar-refractivity contribution is -0.137. The molecule has 37 heavy (non-hydrogen) atoms. The van der Waals surface area contributed by atoms with E-state index >= 15 is 0 Å². The molecule has 1 aliphatic rings. The lowest BCUT2D eigenvalue weighted by Crippen LogP contribution is -2.28. The monoisotopic (exact) mass is 508 g/mol. The molecule has 1 aliphatic carbocycles. The smallest absolute Gasteiger partial charge is 0.416 e. The summed E-state index contributed by atoms with van der Waals surface area (Å²) < 4.78 is 46.7. The Labute approximate surface area is 214 Å². The van der Waals surface area contributed by atoms with Crippen molar-refractivity contribution >= 4 is 11.5 Å². The zero-order valence-electron chi connectivity index (χ0n) is 21.6. The number of anilines is 1. The van der Waals surface area contributed by atoms with Crippen molar-refractivity contribution in [3.63, 3.8) is 0 Å². The fourth-order valence-corrected chi connectivity index (χ4v) is 5.35. The lowest BCUT2D eigenvalue weighted by Gasteiger charge is -2.27. The number of nitrogens with zero attached hydrogens (tertiary/aromatic N) is 4. The summed E-state index contributed by atoms with van der Waals surface area (Å²) in [5.74, 6) is 1.80. The Bertz CT molecular complexity index is 1440. The molecule has 0 unspecified atom stereocenters. The van der Waals surface area contributed by atoms with Crippen molar-refractivity contribution < 1.29 is 17.9 Å². The van der Waals surface area contributed by atoms with Gasteiger partial charge in [0.1, 0.15) is 11.6 Å². The lowest BCUT2D eigenvalue weighted by atomic mass is 10.0. The minimum absolute atomic E-state index is 0.493. The molecule has 0 atom stereocenters. The predicted molar refractivity (Wildman–Crippen MR) is 139 cm³/mol. The summed E-state index contributed by atoms with van der Waals surface area (Å²) in [6.45, 7) is 7.42. The highest BCUT2D eigenvalue weighted by atomic mass is 19.4. The van der Waals surface area contributed by atoms with Gasteiger partial charge in [-0.1, -0.05) is 25.1 Å². The van der Waals surface area contributed by atoms with Gasteiger partial charge in [-0.15, -0.1) is 0 Å². The number of methoxy groups -OCH3 is 1. The standard InChI is InChI=1S/C29H31F3N4O/c1-5-15-35(17-20-9-11-21(12-10-20)29(30,31)32)28-24-7-6-8-25(24)33-27-26(19(3)34-36(27)28)23-14-13-22(37-4)16-18(23)2/h9-14,16H,5-8,15,17H2,1-4H3. The summed E-state index contributed by atoms with van der Waals surface area (Å²) in [6, 6.07) is 11.5. The van der Waals surface area contributed by atoms with Gasteiger partial charge in [0, 0.05) is 29.9 Å². The highest BCUT2D eigenvalue weighted by molar-refractivity contribution is 5.83. The average Bonchev–Trinajstić information content (AvgIpc) is 3.45. The van der Waals surface area contributed by atoms with Crippen LogP contribution in [0.15, 0.2) is 42.5 Å². The summed E-state index contributed by atoms with van der Waals surface area (Å²) in [4.78, 5) is 7.35. The maximum absolute atomic E-state index is 13.1. The zero-order chi connectivity index (χ0) is 26.3. The molecule has 0 amide bonds. The summed E-state index contributed by atoms with van der Waals surface area (Å²) in [7, 11) is 1.66. The number of aromatic nitrogens is 3. The SMILES string of the molecule is CCCN(Cc1ccc(C(F)(F)F)cc1)c1c2c(nc3c(-c4ccc(OC)cc4C)c(C)nn13)CCC2. The number of rotatable bonds is 7. The fourth-order valence-electron chi connectivity index (χ4n) is 5.35. The van der Waals surface area contributed by atoms with E-state index in [1.165, 1.54) is 5.56 Å². The van der Waals surface area contributed by atoms with E-state index in [2.05, 4.69) is 24.8 Å². The Morgan fingerprint density at radius 2 is 1.81 bits per heavy atom. The summed E-state index contributed by atoms with van der Waals surface area (Å²) in [5.41, 5.74) is 7.32. The van der Waals surface area contributed by atoms with Crippen molar-refractivity contribution in [1.29, 1.82) is 0 Å². The average molecular weight is 509 g/mol. The van der Waals surface area contributed by atoms with E-state index in [1.807, 2.05) is 23.6 Å². The summed E-state index contributed by atoms with van der Waals surface area (Å²) >= 11 is 0. The van der Waals surface area contributed by atoms with E-state index in [0.717, 1.165) is 95.2 Å². The second-order valence-corrected chi connectivity index (χ2v) is 9.71. The van der Waals surface area contributed by atoms with Crippen LogP contribution in [0.3, 0.4) is 0 Å². The molecule has 2 aromatic carbocycles. The van der Waals surface area contributed by atoms with Crippen LogP contribution in [0, 0.1) is 13.8 Å². The number of halogens is 3. The molecule has 0 bridgehead atoms. The van der Waals surface area contributed by atoms with Crippen LogP contribution < -0.4 is 9.64 Å². The topological polar surface area (TPSA) is 42.7 Å². The maximum Gasteiger partial charge on any atom is 0.416 e. The number of aryl methyl sites for hydroxylation is 3. The molecule has 5 nitrogen and oxygen atoms in total. The number of benzene rings is 2. The molecule has 0 saturated carbocycles. The largest absolute Gasteiger partial charge is 0.497 e. The molecule has 0 spiro atoms. The van der Waals surface area contributed by atoms with Crippen LogP contribution in [0.2, 0.25) is 0 Å². The Morgan fingerprint density at radius 3 is 2.46 bits per heavy atom. The van der Waals surface area contributed by atoms with Gasteiger partial charge in [-0.2, -0.15) is 22.8 Å². The van der Waals surface area contributed by atoms with Crippen LogP contribution in [0.25, 0.3) is 16.8 Å². The van der Waals surface area contributed by atoms with Crippen LogP contribution in [-0.4, -0.2) is 28.3 Å². The normalized spacial score (nSPS) is 13.3. The number of alkyl halides is 3. The van der Waals surface area contributed by atoms with E-state index in [-0.39, 0.29) is 0 Å². The van der Waals surface area contributed by atoms with Gasteiger partial charge in [-0.25, -0.2) is 4.98 Å². The quantitative estimate of drug-likeness (QED) is 0.271.